The molecule has 4 heteroatoms. The van der Waals surface area contributed by atoms with E-state index in [1.54, 1.807) is 0 Å². The van der Waals surface area contributed by atoms with Gasteiger partial charge in [-0.1, -0.05) is 0 Å². The Hall–Kier alpha value is 1.63. The van der Waals surface area contributed by atoms with Crippen LogP contribution in [0.2, 0.25) is 0 Å². The standard InChI is InChI=1S/Co.HI.Li.O/h;1H;;/q;;+1;/p-1. The van der Waals surface area contributed by atoms with Crippen LogP contribution in [0.25, 0.3) is 0 Å². The summed E-state index contributed by atoms with van der Waals surface area (Å²) >= 11 is 2.31. The zero-order chi connectivity index (χ0) is 2.00. The molecule has 0 aliphatic carbocycles. The van der Waals surface area contributed by atoms with Gasteiger partial charge in [-0.25, -0.2) is 0 Å². The molecule has 0 fully saturated rings. The van der Waals surface area contributed by atoms with Crippen molar-refractivity contribution in [1.82, 2.24) is 0 Å². The molecule has 0 rings (SSSR count). The van der Waals surface area contributed by atoms with E-state index in [1.807, 2.05) is 0 Å². The zero-order valence-corrected chi connectivity index (χ0v) is 5.32. The average Bonchev–Trinajstić information content (AvgIpc) is 1.00. The van der Waals surface area contributed by atoms with Crippen molar-refractivity contribution < 1.29 is 62.4 Å². The molecule has 0 aromatic carbocycles. The monoisotopic (exact) mass is 209 g/mol. The predicted molar refractivity (Wildman–Crippen MR) is 0.686 cm³/mol. The van der Waals surface area contributed by atoms with Gasteiger partial charge in [0.25, 0.3) is 0 Å². The van der Waals surface area contributed by atoms with E-state index in [2.05, 4.69) is 15.7 Å². The van der Waals surface area contributed by atoms with E-state index in [0.29, 0.717) is 0 Å². The van der Waals surface area contributed by atoms with E-state index in [-0.39, 0.29) is 42.8 Å². The van der Waals surface area contributed by atoms with Crippen LogP contribution in [-0.4, -0.2) is 0 Å². The van der Waals surface area contributed by atoms with Gasteiger partial charge in [0.1, 0.15) is 0 Å². The zero-order valence-electron chi connectivity index (χ0n) is 2.12. The van der Waals surface area contributed by atoms with E-state index in [9.17, 15) is 0 Å². The van der Waals surface area contributed by atoms with Gasteiger partial charge in [-0.05, 0) is 0 Å². The van der Waals surface area contributed by atoms with Gasteiger partial charge in [-0.2, -0.15) is 0 Å². The van der Waals surface area contributed by atoms with Crippen LogP contribution in [0.4, 0.5) is 0 Å². The summed E-state index contributed by atoms with van der Waals surface area (Å²) in [7, 11) is 0. The topological polar surface area (TPSA) is 17.1 Å². The second-order valence-corrected chi connectivity index (χ2v) is 0. The molecule has 0 unspecified atom stereocenters. The summed E-state index contributed by atoms with van der Waals surface area (Å²) in [5, 5.41) is 0. The molecule has 0 aromatic rings. The number of halogens is 1. The normalized spacial score (nSPS) is 1.25. The maximum absolute atomic E-state index is 7.94. The quantitative estimate of drug-likeness (QED) is 0.286. The summed E-state index contributed by atoms with van der Waals surface area (Å²) in [5.41, 5.74) is 0. The van der Waals surface area contributed by atoms with E-state index >= 15 is 0 Å². The fourth-order valence-electron chi connectivity index (χ4n) is 0. The van der Waals surface area contributed by atoms with E-state index in [0.717, 1.165) is 0 Å². The van der Waals surface area contributed by atoms with Crippen molar-refractivity contribution >= 4 is 0 Å². The van der Waals surface area contributed by atoms with Gasteiger partial charge < -0.3 is 24.0 Å². The Morgan fingerprint density at radius 2 is 1.25 bits per heavy atom. The van der Waals surface area contributed by atoms with Crippen molar-refractivity contribution in [2.45, 2.75) is 0 Å². The van der Waals surface area contributed by atoms with Crippen molar-refractivity contribution in [1.29, 1.82) is 0 Å². The van der Waals surface area contributed by atoms with E-state index < -0.39 is 0 Å². The molecule has 0 amide bonds. The number of hydrogen-bond donors (Lipinski definition) is 0. The Bertz CT molecular complexity index is 8.00. The minimum absolute atomic E-state index is 0. The van der Waals surface area contributed by atoms with Crippen molar-refractivity contribution in [2.75, 3.05) is 0 Å². The summed E-state index contributed by atoms with van der Waals surface area (Å²) in [6, 6.07) is 0. The SMILES string of the molecule is [I-].[Li+].[O]=[Co]. The van der Waals surface area contributed by atoms with Crippen LogP contribution < -0.4 is 42.8 Å². The van der Waals surface area contributed by atoms with Gasteiger partial charge in [-0.3, -0.25) is 0 Å². The molecule has 0 heterocycles. The van der Waals surface area contributed by atoms with Crippen molar-refractivity contribution in [3.05, 3.63) is 0 Å². The summed E-state index contributed by atoms with van der Waals surface area (Å²) in [6.45, 7) is 0. The van der Waals surface area contributed by atoms with Crippen LogP contribution in [-0.2, 0) is 19.5 Å². The third-order valence-electron chi connectivity index (χ3n) is 0. The third-order valence-corrected chi connectivity index (χ3v) is 0. The predicted octanol–water partition coefficient (Wildman–Crippen LogP) is -6.11. The summed E-state index contributed by atoms with van der Waals surface area (Å²) in [4.78, 5) is 0. The van der Waals surface area contributed by atoms with Crippen LogP contribution in [0.1, 0.15) is 0 Å². The number of hydrogen-bond acceptors (Lipinski definition) is 1. The number of rotatable bonds is 0. The second kappa shape index (κ2) is 22.9. The minimum atomic E-state index is 0. The first-order valence-corrected chi connectivity index (χ1v) is 0.561. The Morgan fingerprint density at radius 3 is 1.25 bits per heavy atom. The molecule has 0 aromatic heterocycles. The average molecular weight is 209 g/mol. The fraction of sp³-hybridized carbons (Fsp3) is 0. The molecule has 0 aliphatic rings. The molecule has 0 aliphatic heterocycles. The maximum atomic E-state index is 7.94. The first kappa shape index (κ1) is 17.4. The molecule has 0 bridgehead atoms. The van der Waals surface area contributed by atoms with Crippen LogP contribution in [0, 0.1) is 0 Å². The van der Waals surface area contributed by atoms with E-state index in [4.69, 9.17) is 3.87 Å². The first-order chi connectivity index (χ1) is 1.00. The molecule has 1 nitrogen and oxygen atoms in total. The van der Waals surface area contributed by atoms with Crippen LogP contribution in [0.3, 0.4) is 0 Å². The van der Waals surface area contributed by atoms with Crippen molar-refractivity contribution in [3.63, 3.8) is 0 Å². The molecular weight excluding hydrogens is 209 g/mol. The molecule has 0 spiro atoms. The fourth-order valence-corrected chi connectivity index (χ4v) is 0. The van der Waals surface area contributed by atoms with Gasteiger partial charge in [0.2, 0.25) is 0 Å². The van der Waals surface area contributed by atoms with Gasteiger partial charge in [0, 0.05) is 0 Å². The summed E-state index contributed by atoms with van der Waals surface area (Å²) in [5.74, 6) is 0. The molecule has 0 N–H and O–H groups in total. The third kappa shape index (κ3) is 9.44. The van der Waals surface area contributed by atoms with E-state index in [1.165, 1.54) is 0 Å². The Kier molecular flexibility index (Phi) is 99.9. The molecule has 0 saturated carbocycles. The van der Waals surface area contributed by atoms with Crippen molar-refractivity contribution in [2.24, 2.45) is 0 Å². The van der Waals surface area contributed by atoms with Gasteiger partial charge in [0.15, 0.2) is 0 Å². The van der Waals surface area contributed by atoms with Crippen LogP contribution >= 0.6 is 0 Å². The van der Waals surface area contributed by atoms with Gasteiger partial charge in [-0.15, -0.1) is 0 Å². The van der Waals surface area contributed by atoms with Crippen LogP contribution in [0.5, 0.6) is 0 Å². The molecule has 23 valence electrons. The first-order valence-electron chi connectivity index (χ1n) is 0.136. The van der Waals surface area contributed by atoms with Gasteiger partial charge >= 0.3 is 38.4 Å². The Labute approximate surface area is 61.9 Å². The second-order valence-electron chi connectivity index (χ2n) is 0. The summed E-state index contributed by atoms with van der Waals surface area (Å²) < 4.78 is 7.94. The molecule has 0 atom stereocenters. The van der Waals surface area contributed by atoms with Crippen molar-refractivity contribution in [3.8, 4) is 0 Å². The molecular formula is CoILiO. The molecule has 0 radical (unpaired) electrons. The Morgan fingerprint density at radius 1 is 1.25 bits per heavy atom. The summed E-state index contributed by atoms with van der Waals surface area (Å²) in [6.07, 6.45) is 0. The Balaban J connectivity index is -0.00000000500. The van der Waals surface area contributed by atoms with Gasteiger partial charge in [0.05, 0.1) is 0 Å². The molecule has 4 heavy (non-hydrogen) atoms. The molecule has 0 saturated heterocycles. The van der Waals surface area contributed by atoms with Crippen LogP contribution in [0.15, 0.2) is 0 Å².